The predicted octanol–water partition coefficient (Wildman–Crippen LogP) is 18.2. The first kappa shape index (κ1) is 64.3. The van der Waals surface area contributed by atoms with Gasteiger partial charge in [-0.15, -0.1) is 0 Å². The summed E-state index contributed by atoms with van der Waals surface area (Å²) in [5, 5.41) is 23.3. The van der Waals surface area contributed by atoms with E-state index in [1.165, 1.54) is 218 Å². The van der Waals surface area contributed by atoms with E-state index in [0.29, 0.717) is 25.9 Å². The van der Waals surface area contributed by atoms with Crippen LogP contribution >= 0.6 is 0 Å². The Bertz CT molecular complexity index is 1030. The van der Waals surface area contributed by atoms with Crippen LogP contribution in [0.1, 0.15) is 322 Å². The van der Waals surface area contributed by atoms with Gasteiger partial charge in [-0.2, -0.15) is 0 Å². The molecule has 2 unspecified atom stereocenters. The van der Waals surface area contributed by atoms with Crippen LogP contribution in [0.2, 0.25) is 0 Å². The van der Waals surface area contributed by atoms with E-state index in [2.05, 4.69) is 43.5 Å². The molecule has 0 spiro atoms. The van der Waals surface area contributed by atoms with Gasteiger partial charge in [0.1, 0.15) is 0 Å². The van der Waals surface area contributed by atoms with Gasteiger partial charge in [-0.3, -0.25) is 9.59 Å². The van der Waals surface area contributed by atoms with Crippen LogP contribution in [0.5, 0.6) is 0 Å². The third-order valence-electron chi connectivity index (χ3n) is 13.7. The first-order valence-corrected chi connectivity index (χ1v) is 29.6. The number of carbonyl (C=O) groups excluding carboxylic acids is 2. The molecule has 0 rings (SSSR count). The number of amides is 1. The van der Waals surface area contributed by atoms with Gasteiger partial charge in [0.2, 0.25) is 5.91 Å². The summed E-state index contributed by atoms with van der Waals surface area (Å²) in [6.45, 7) is 4.91. The predicted molar refractivity (Wildman–Crippen MR) is 287 cm³/mol. The lowest BCUT2D eigenvalue weighted by atomic mass is 10.0. The highest BCUT2D eigenvalue weighted by molar-refractivity contribution is 5.76. The number of esters is 1. The van der Waals surface area contributed by atoms with Gasteiger partial charge in [0.25, 0.3) is 0 Å². The molecule has 0 aromatic heterocycles. The van der Waals surface area contributed by atoms with E-state index in [-0.39, 0.29) is 18.5 Å². The Hall–Kier alpha value is -1.66. The Morgan fingerprint density at radius 2 is 0.712 bits per heavy atom. The molecule has 0 saturated carbocycles. The van der Waals surface area contributed by atoms with Crippen LogP contribution < -0.4 is 5.32 Å². The smallest absolute Gasteiger partial charge is 0.305 e. The van der Waals surface area contributed by atoms with Crippen molar-refractivity contribution in [3.63, 3.8) is 0 Å². The average Bonchev–Trinajstić information content (AvgIpc) is 3.32. The van der Waals surface area contributed by atoms with E-state index in [4.69, 9.17) is 4.74 Å². The normalized spacial score (nSPS) is 12.7. The maximum atomic E-state index is 12.5. The zero-order valence-electron chi connectivity index (χ0n) is 44.4. The number of hydrogen-bond acceptors (Lipinski definition) is 5. The second-order valence-electron chi connectivity index (χ2n) is 20.3. The van der Waals surface area contributed by atoms with Crippen molar-refractivity contribution >= 4 is 11.9 Å². The molecule has 66 heavy (non-hydrogen) atoms. The van der Waals surface area contributed by atoms with Gasteiger partial charge in [-0.25, -0.2) is 0 Å². The second-order valence-corrected chi connectivity index (χ2v) is 20.3. The highest BCUT2D eigenvalue weighted by atomic mass is 16.5. The van der Waals surface area contributed by atoms with Crippen molar-refractivity contribution in [1.82, 2.24) is 5.32 Å². The number of unbranched alkanes of at least 4 members (excludes halogenated alkanes) is 40. The fourth-order valence-corrected chi connectivity index (χ4v) is 9.16. The fourth-order valence-electron chi connectivity index (χ4n) is 9.16. The van der Waals surface area contributed by atoms with Crippen molar-refractivity contribution in [1.29, 1.82) is 0 Å². The lowest BCUT2D eigenvalue weighted by Crippen LogP contribution is -2.45. The monoisotopic (exact) mass is 930 g/mol. The zero-order valence-corrected chi connectivity index (χ0v) is 44.4. The van der Waals surface area contributed by atoms with Gasteiger partial charge < -0.3 is 20.3 Å². The minimum Gasteiger partial charge on any atom is -0.466 e. The van der Waals surface area contributed by atoms with Crippen molar-refractivity contribution in [2.24, 2.45) is 0 Å². The van der Waals surface area contributed by atoms with Crippen LogP contribution in [-0.4, -0.2) is 47.4 Å². The minimum atomic E-state index is -0.683. The number of aliphatic hydroxyl groups excluding tert-OH is 2. The summed E-state index contributed by atoms with van der Waals surface area (Å²) in [5.74, 6) is -0.0835. The van der Waals surface area contributed by atoms with Crippen molar-refractivity contribution < 1.29 is 24.5 Å². The summed E-state index contributed by atoms with van der Waals surface area (Å²) >= 11 is 0. The molecule has 1 amide bonds. The largest absolute Gasteiger partial charge is 0.466 e. The van der Waals surface area contributed by atoms with E-state index < -0.39 is 12.1 Å². The summed E-state index contributed by atoms with van der Waals surface area (Å²) in [6, 6.07) is -0.563. The summed E-state index contributed by atoms with van der Waals surface area (Å²) in [6.07, 6.45) is 67.4. The van der Waals surface area contributed by atoms with E-state index in [1.807, 2.05) is 0 Å². The topological polar surface area (TPSA) is 95.9 Å². The third kappa shape index (κ3) is 51.7. The highest BCUT2D eigenvalue weighted by Gasteiger charge is 2.20. The molecule has 0 bridgehead atoms. The van der Waals surface area contributed by atoms with E-state index >= 15 is 0 Å². The molecule has 3 N–H and O–H groups in total. The van der Waals surface area contributed by atoms with Gasteiger partial charge in [-0.1, -0.05) is 256 Å². The number of rotatable bonds is 55. The number of aliphatic hydroxyl groups is 2. The highest BCUT2D eigenvalue weighted by Crippen LogP contribution is 2.17. The molecule has 390 valence electrons. The maximum absolute atomic E-state index is 12.5. The lowest BCUT2D eigenvalue weighted by molar-refractivity contribution is -0.143. The lowest BCUT2D eigenvalue weighted by Gasteiger charge is -2.22. The van der Waals surface area contributed by atoms with Crippen molar-refractivity contribution in [2.45, 2.75) is 334 Å². The molecule has 0 fully saturated rings. The molecule has 6 heteroatoms. The molecular formula is C60H115NO5. The fraction of sp³-hybridized carbons (Fsp3) is 0.900. The molecule has 0 aromatic carbocycles. The van der Waals surface area contributed by atoms with Crippen LogP contribution in [0.15, 0.2) is 24.3 Å². The van der Waals surface area contributed by atoms with Gasteiger partial charge >= 0.3 is 5.97 Å². The molecule has 2 atom stereocenters. The van der Waals surface area contributed by atoms with Gasteiger partial charge in [0, 0.05) is 12.8 Å². The SMILES string of the molecule is CCCCCC/C=C\CCCCCCCC(=O)OCCCCCCCC/C=C\CCCCCC(=O)NC(CO)C(O)CCCCCCCCCCCCCCCCCCCCCCCCC. The van der Waals surface area contributed by atoms with Crippen molar-refractivity contribution in [3.05, 3.63) is 24.3 Å². The van der Waals surface area contributed by atoms with Crippen LogP contribution in [0.25, 0.3) is 0 Å². The molecule has 0 radical (unpaired) electrons. The molecule has 0 aliphatic heterocycles. The Morgan fingerprint density at radius 3 is 1.11 bits per heavy atom. The number of allylic oxidation sites excluding steroid dienone is 4. The average molecular weight is 931 g/mol. The molecule has 0 aliphatic carbocycles. The molecule has 6 nitrogen and oxygen atoms in total. The van der Waals surface area contributed by atoms with E-state index in [0.717, 1.165) is 70.6 Å². The summed E-state index contributed by atoms with van der Waals surface area (Å²) < 4.78 is 5.45. The Kier molecular flexibility index (Phi) is 54.5. The number of nitrogens with one attached hydrogen (secondary N) is 1. The molecular weight excluding hydrogens is 815 g/mol. The third-order valence-corrected chi connectivity index (χ3v) is 13.7. The molecule has 0 saturated heterocycles. The van der Waals surface area contributed by atoms with E-state index in [1.54, 1.807) is 0 Å². The first-order chi connectivity index (χ1) is 32.5. The summed E-state index contributed by atoms with van der Waals surface area (Å²) in [4.78, 5) is 24.5. The van der Waals surface area contributed by atoms with Gasteiger partial charge in [0.15, 0.2) is 0 Å². The Labute approximate surface area is 411 Å². The molecule has 0 heterocycles. The quantitative estimate of drug-likeness (QED) is 0.0321. The van der Waals surface area contributed by atoms with Crippen LogP contribution in [0.3, 0.4) is 0 Å². The first-order valence-electron chi connectivity index (χ1n) is 29.6. The van der Waals surface area contributed by atoms with Gasteiger partial charge in [-0.05, 0) is 77.0 Å². The second kappa shape index (κ2) is 55.9. The van der Waals surface area contributed by atoms with Crippen LogP contribution in [0.4, 0.5) is 0 Å². The maximum Gasteiger partial charge on any atom is 0.305 e. The Morgan fingerprint density at radius 1 is 0.409 bits per heavy atom. The Balaban J connectivity index is 3.49. The van der Waals surface area contributed by atoms with Gasteiger partial charge in [0.05, 0.1) is 25.4 Å². The van der Waals surface area contributed by atoms with Crippen molar-refractivity contribution in [2.75, 3.05) is 13.2 Å². The minimum absolute atomic E-state index is 0.0211. The summed E-state index contributed by atoms with van der Waals surface area (Å²) in [7, 11) is 0. The summed E-state index contributed by atoms with van der Waals surface area (Å²) in [5.41, 5.74) is 0. The number of carbonyl (C=O) groups is 2. The van der Waals surface area contributed by atoms with Crippen LogP contribution in [-0.2, 0) is 14.3 Å². The number of hydrogen-bond donors (Lipinski definition) is 3. The molecule has 0 aliphatic rings. The zero-order chi connectivity index (χ0) is 47.9. The van der Waals surface area contributed by atoms with Crippen LogP contribution in [0, 0.1) is 0 Å². The van der Waals surface area contributed by atoms with E-state index in [9.17, 15) is 19.8 Å². The van der Waals surface area contributed by atoms with Crippen molar-refractivity contribution in [3.8, 4) is 0 Å². The standard InChI is InChI=1S/C60H115NO5/c1-3-5-7-9-11-13-15-17-18-19-20-21-22-23-24-25-26-29-32-36-40-44-48-52-58(63)57(56-62)61-59(64)53-49-45-41-37-33-30-27-31-35-39-43-47-51-55-66-60(65)54-50-46-42-38-34-28-16-14-12-10-8-6-4-2/h14,16,30,33,57-58,62-63H,3-13,15,17-29,31-32,34-56H2,1-2H3,(H,61,64)/b16-14-,33-30-. The number of ether oxygens (including phenoxy) is 1. The molecule has 0 aromatic rings.